The van der Waals surface area contributed by atoms with Crippen LogP contribution in [0.15, 0.2) is 30.0 Å². The van der Waals surface area contributed by atoms with Crippen LogP contribution in [0.4, 0.5) is 5.69 Å². The van der Waals surface area contributed by atoms with E-state index in [1.807, 2.05) is 0 Å². The van der Waals surface area contributed by atoms with E-state index in [0.717, 1.165) is 26.8 Å². The molecule has 1 aromatic carbocycles. The molecular formula is C24H29NO12. The number of nitro groups is 1. The summed E-state index contributed by atoms with van der Waals surface area (Å²) in [5.74, 6) is -4.22. The van der Waals surface area contributed by atoms with Crippen LogP contribution in [0.2, 0.25) is 0 Å². The number of carbonyl (C=O) groups is 4. The molecule has 0 saturated carbocycles. The molecule has 1 fully saturated rings. The standard InChI is InChI=1S/C24H29NO12/c1-6-32-23(29)19(11-17-9-7-8-10-18(17)25(30)31)36-24-13(2)21(34-15(4)27)22(35-16(5)28)20(37-24)12-33-14(3)26/h7-11,13,20-22,24H,6,12H2,1-5H3/b19-11-/t13-,20-,21-,22-,24-/m0/s1. The van der Waals surface area contributed by atoms with Crippen LogP contribution in [0.5, 0.6) is 0 Å². The highest BCUT2D eigenvalue weighted by Crippen LogP contribution is 2.33. The molecule has 1 saturated heterocycles. The second-order valence-electron chi connectivity index (χ2n) is 8.02. The lowest BCUT2D eigenvalue weighted by molar-refractivity contribution is -0.385. The molecule has 0 aliphatic carbocycles. The van der Waals surface area contributed by atoms with Crippen molar-refractivity contribution in [3.05, 3.63) is 45.7 Å². The van der Waals surface area contributed by atoms with Crippen molar-refractivity contribution < 1.29 is 52.5 Å². The molecule has 1 heterocycles. The number of ether oxygens (including phenoxy) is 6. The van der Waals surface area contributed by atoms with Crippen LogP contribution < -0.4 is 0 Å². The normalized spacial score (nSPS) is 23.4. The summed E-state index contributed by atoms with van der Waals surface area (Å²) < 4.78 is 32.5. The number of hydrogen-bond acceptors (Lipinski definition) is 12. The Morgan fingerprint density at radius 1 is 0.973 bits per heavy atom. The molecule has 0 radical (unpaired) electrons. The van der Waals surface area contributed by atoms with E-state index in [1.54, 1.807) is 13.8 Å². The summed E-state index contributed by atoms with van der Waals surface area (Å²) in [5, 5.41) is 11.4. The Kier molecular flexibility index (Phi) is 10.5. The van der Waals surface area contributed by atoms with Gasteiger partial charge in [0.1, 0.15) is 18.8 Å². The Balaban J connectivity index is 2.50. The summed E-state index contributed by atoms with van der Waals surface area (Å²) in [6, 6.07) is 5.67. The highest BCUT2D eigenvalue weighted by molar-refractivity contribution is 5.92. The van der Waals surface area contributed by atoms with Crippen molar-refractivity contribution in [2.24, 2.45) is 5.92 Å². The molecular weight excluding hydrogens is 494 g/mol. The SMILES string of the molecule is CCOC(=O)/C(=C/c1ccccc1[N+](=O)[O-])O[C@H]1O[C@@H](COC(C)=O)[C@H](OC(C)=O)[C@@H](OC(C)=O)[C@@H]1C. The Morgan fingerprint density at radius 2 is 1.59 bits per heavy atom. The number of benzene rings is 1. The molecule has 37 heavy (non-hydrogen) atoms. The number of esters is 4. The Labute approximate surface area is 212 Å². The molecule has 0 bridgehead atoms. The summed E-state index contributed by atoms with van der Waals surface area (Å²) in [4.78, 5) is 58.6. The van der Waals surface area contributed by atoms with Crippen molar-refractivity contribution in [2.45, 2.75) is 59.2 Å². The molecule has 1 aliphatic heterocycles. The van der Waals surface area contributed by atoms with Crippen LogP contribution in [0, 0.1) is 16.0 Å². The van der Waals surface area contributed by atoms with Gasteiger partial charge in [-0.15, -0.1) is 0 Å². The second-order valence-corrected chi connectivity index (χ2v) is 8.02. The third-order valence-electron chi connectivity index (χ3n) is 5.14. The molecule has 1 aliphatic rings. The van der Waals surface area contributed by atoms with Crippen LogP contribution in [0.1, 0.15) is 40.2 Å². The van der Waals surface area contributed by atoms with Crippen molar-refractivity contribution in [1.29, 1.82) is 0 Å². The average Bonchev–Trinajstić information content (AvgIpc) is 2.81. The first kappa shape index (κ1) is 29.2. The Morgan fingerprint density at radius 3 is 2.16 bits per heavy atom. The number of nitro benzene ring substituents is 1. The molecule has 2 rings (SSSR count). The third-order valence-corrected chi connectivity index (χ3v) is 5.14. The summed E-state index contributed by atoms with van der Waals surface area (Å²) in [7, 11) is 0. The molecule has 13 heteroatoms. The highest BCUT2D eigenvalue weighted by Gasteiger charge is 2.50. The van der Waals surface area contributed by atoms with E-state index in [0.29, 0.717) is 0 Å². The van der Waals surface area contributed by atoms with Gasteiger partial charge in [-0.25, -0.2) is 4.79 Å². The first-order valence-electron chi connectivity index (χ1n) is 11.4. The van der Waals surface area contributed by atoms with Gasteiger partial charge in [0.25, 0.3) is 5.69 Å². The van der Waals surface area contributed by atoms with Gasteiger partial charge in [0, 0.05) is 32.9 Å². The van der Waals surface area contributed by atoms with Gasteiger partial charge in [0.05, 0.1) is 23.0 Å². The largest absolute Gasteiger partial charge is 0.463 e. The zero-order valence-corrected chi connectivity index (χ0v) is 21.0. The third kappa shape index (κ3) is 8.27. The van der Waals surface area contributed by atoms with Crippen LogP contribution in [0.3, 0.4) is 0 Å². The van der Waals surface area contributed by atoms with Crippen LogP contribution in [-0.2, 0) is 47.6 Å². The zero-order valence-electron chi connectivity index (χ0n) is 21.0. The quantitative estimate of drug-likeness (QED) is 0.110. The van der Waals surface area contributed by atoms with Gasteiger partial charge in [-0.1, -0.05) is 19.1 Å². The summed E-state index contributed by atoms with van der Waals surface area (Å²) >= 11 is 0. The lowest BCUT2D eigenvalue weighted by Crippen LogP contribution is -2.58. The second kappa shape index (κ2) is 13.3. The molecule has 1 aromatic rings. The van der Waals surface area contributed by atoms with Gasteiger partial charge in [-0.05, 0) is 13.0 Å². The summed E-state index contributed by atoms with van der Waals surface area (Å²) in [5.41, 5.74) is -0.226. The average molecular weight is 523 g/mol. The van der Waals surface area contributed by atoms with E-state index in [1.165, 1.54) is 24.3 Å². The topological polar surface area (TPSA) is 167 Å². The van der Waals surface area contributed by atoms with Gasteiger partial charge in [-0.3, -0.25) is 24.5 Å². The van der Waals surface area contributed by atoms with E-state index >= 15 is 0 Å². The van der Waals surface area contributed by atoms with Crippen molar-refractivity contribution in [1.82, 2.24) is 0 Å². The van der Waals surface area contributed by atoms with Crippen LogP contribution in [0.25, 0.3) is 6.08 Å². The Hall–Kier alpha value is -4.00. The van der Waals surface area contributed by atoms with E-state index in [2.05, 4.69) is 0 Å². The van der Waals surface area contributed by atoms with Crippen molar-refractivity contribution in [3.63, 3.8) is 0 Å². The minimum absolute atomic E-state index is 0.0167. The minimum atomic E-state index is -1.31. The van der Waals surface area contributed by atoms with Gasteiger partial charge in [0.15, 0.2) is 6.10 Å². The number of hydrogen-bond donors (Lipinski definition) is 0. The van der Waals surface area contributed by atoms with E-state index in [4.69, 9.17) is 28.4 Å². The molecule has 13 nitrogen and oxygen atoms in total. The summed E-state index contributed by atoms with van der Waals surface area (Å²) in [6.07, 6.45) is -3.61. The number of rotatable bonds is 10. The van der Waals surface area contributed by atoms with Crippen LogP contribution in [-0.4, -0.2) is 66.6 Å². The maximum atomic E-state index is 12.7. The molecule has 0 aromatic heterocycles. The van der Waals surface area contributed by atoms with Crippen molar-refractivity contribution in [3.8, 4) is 0 Å². The van der Waals surface area contributed by atoms with E-state index in [9.17, 15) is 29.3 Å². The highest BCUT2D eigenvalue weighted by atomic mass is 16.7. The first-order chi connectivity index (χ1) is 17.4. The maximum Gasteiger partial charge on any atom is 0.373 e. The van der Waals surface area contributed by atoms with Crippen LogP contribution >= 0.6 is 0 Å². The summed E-state index contributed by atoms with van der Waals surface area (Å²) in [6.45, 7) is 6.19. The van der Waals surface area contributed by atoms with Crippen molar-refractivity contribution in [2.75, 3.05) is 13.2 Å². The maximum absolute atomic E-state index is 12.7. The molecule has 0 N–H and O–H groups in total. The molecule has 5 atom stereocenters. The van der Waals surface area contributed by atoms with Gasteiger partial charge in [-0.2, -0.15) is 0 Å². The monoisotopic (exact) mass is 523 g/mol. The lowest BCUT2D eigenvalue weighted by Gasteiger charge is -2.43. The van der Waals surface area contributed by atoms with Gasteiger partial charge in [0.2, 0.25) is 12.0 Å². The lowest BCUT2D eigenvalue weighted by atomic mass is 9.91. The van der Waals surface area contributed by atoms with E-state index in [-0.39, 0.29) is 24.5 Å². The molecule has 0 spiro atoms. The number of nitrogens with zero attached hydrogens (tertiary/aromatic N) is 1. The fraction of sp³-hybridized carbons (Fsp3) is 0.500. The molecule has 202 valence electrons. The smallest absolute Gasteiger partial charge is 0.373 e. The van der Waals surface area contributed by atoms with Crippen molar-refractivity contribution >= 4 is 35.6 Å². The predicted octanol–water partition coefficient (Wildman–Crippen LogP) is 2.30. The van der Waals surface area contributed by atoms with Gasteiger partial charge < -0.3 is 28.4 Å². The Bertz CT molecular complexity index is 1050. The zero-order chi connectivity index (χ0) is 27.7. The first-order valence-corrected chi connectivity index (χ1v) is 11.4. The minimum Gasteiger partial charge on any atom is -0.463 e. The van der Waals surface area contributed by atoms with Gasteiger partial charge >= 0.3 is 23.9 Å². The fourth-order valence-electron chi connectivity index (χ4n) is 3.59. The fourth-order valence-corrected chi connectivity index (χ4v) is 3.59. The molecule has 0 amide bonds. The number of carbonyl (C=O) groups excluding carboxylic acids is 4. The van der Waals surface area contributed by atoms with E-state index < -0.39 is 65.1 Å². The molecule has 0 unspecified atom stereocenters. The predicted molar refractivity (Wildman–Crippen MR) is 124 cm³/mol. The number of para-hydroxylation sites is 1.